The highest BCUT2D eigenvalue weighted by atomic mass is 16.1. The van der Waals surface area contributed by atoms with Crippen LogP contribution >= 0.6 is 0 Å². The lowest BCUT2D eigenvalue weighted by Gasteiger charge is -2.08. The quantitative estimate of drug-likeness (QED) is 0.331. The third-order valence-electron chi connectivity index (χ3n) is 5.68. The van der Waals surface area contributed by atoms with Gasteiger partial charge >= 0.3 is 0 Å². The maximum absolute atomic E-state index is 12.8. The minimum atomic E-state index is 0.101. The van der Waals surface area contributed by atoms with E-state index in [4.69, 9.17) is 0 Å². The molecule has 168 valence electrons. The fourth-order valence-corrected chi connectivity index (χ4v) is 3.81. The lowest BCUT2D eigenvalue weighted by Crippen LogP contribution is -2.04. The number of anilines is 2. The molecule has 0 aliphatic carbocycles. The summed E-state index contributed by atoms with van der Waals surface area (Å²) < 4.78 is 1.76. The van der Waals surface area contributed by atoms with Crippen LogP contribution in [0.15, 0.2) is 85.2 Å². The fourth-order valence-electron chi connectivity index (χ4n) is 3.81. The zero-order chi connectivity index (χ0) is 23.3. The number of carbonyl (C=O) groups excluding carboxylic acids is 1. The van der Waals surface area contributed by atoms with E-state index in [1.807, 2.05) is 54.6 Å². The van der Waals surface area contributed by atoms with Crippen LogP contribution in [0.2, 0.25) is 0 Å². The molecular formula is C27H24N6O. The number of hydrogen-bond acceptors (Lipinski definition) is 6. The van der Waals surface area contributed by atoms with E-state index >= 15 is 0 Å². The van der Waals surface area contributed by atoms with Crippen molar-refractivity contribution >= 4 is 28.5 Å². The highest BCUT2D eigenvalue weighted by Crippen LogP contribution is 2.23. The van der Waals surface area contributed by atoms with Gasteiger partial charge in [-0.25, -0.2) is 14.6 Å². The Morgan fingerprint density at radius 3 is 2.56 bits per heavy atom. The molecule has 2 heterocycles. The van der Waals surface area contributed by atoms with E-state index in [-0.39, 0.29) is 5.78 Å². The van der Waals surface area contributed by atoms with E-state index in [0.29, 0.717) is 41.9 Å². The van der Waals surface area contributed by atoms with Crippen LogP contribution in [0.4, 0.5) is 11.5 Å². The Morgan fingerprint density at radius 2 is 1.74 bits per heavy atom. The molecule has 0 amide bonds. The first-order valence-electron chi connectivity index (χ1n) is 11.2. The first-order valence-corrected chi connectivity index (χ1v) is 11.2. The van der Waals surface area contributed by atoms with Gasteiger partial charge in [0.1, 0.15) is 6.33 Å². The molecule has 5 aromatic rings. The highest BCUT2D eigenvalue weighted by Gasteiger charge is 2.13. The normalized spacial score (nSPS) is 11.0. The predicted octanol–water partition coefficient (Wildman–Crippen LogP) is 5.14. The summed E-state index contributed by atoms with van der Waals surface area (Å²) >= 11 is 0. The van der Waals surface area contributed by atoms with Gasteiger partial charge in [-0.15, -0.1) is 5.10 Å². The number of nitrogens with zero attached hydrogens (tertiary/aromatic N) is 5. The number of rotatable bonds is 8. The van der Waals surface area contributed by atoms with Crippen molar-refractivity contribution in [2.24, 2.45) is 0 Å². The molecule has 7 heteroatoms. The van der Waals surface area contributed by atoms with E-state index < -0.39 is 0 Å². The molecule has 0 spiro atoms. The first-order chi connectivity index (χ1) is 16.7. The summed E-state index contributed by atoms with van der Waals surface area (Å²) in [4.78, 5) is 21.5. The maximum Gasteiger partial charge on any atom is 0.184 e. The topological polar surface area (TPSA) is 85.6 Å². The Hall–Kier alpha value is -4.39. The summed E-state index contributed by atoms with van der Waals surface area (Å²) in [7, 11) is 0. The standard InChI is InChI=1S/C27H24N6O/c1-19-10-12-21(13-11-19)17-33-27-25(31-32-33)26(28-18-29-27)30-23-9-5-8-22(16-23)24(34)15-14-20-6-3-2-4-7-20/h2-13,16,18H,14-15,17H2,1H3,(H,28,29,30). The number of nitrogens with one attached hydrogen (secondary N) is 1. The molecule has 2 aromatic heterocycles. The number of benzene rings is 3. The van der Waals surface area contributed by atoms with Gasteiger partial charge in [-0.2, -0.15) is 0 Å². The Bertz CT molecular complexity index is 1430. The Morgan fingerprint density at radius 1 is 0.912 bits per heavy atom. The molecule has 3 aromatic carbocycles. The van der Waals surface area contributed by atoms with Gasteiger partial charge in [-0.3, -0.25) is 4.79 Å². The van der Waals surface area contributed by atoms with Crippen LogP contribution in [0.5, 0.6) is 0 Å². The van der Waals surface area contributed by atoms with Crippen molar-refractivity contribution in [3.63, 3.8) is 0 Å². The maximum atomic E-state index is 12.8. The largest absolute Gasteiger partial charge is 0.338 e. The van der Waals surface area contributed by atoms with Crippen LogP contribution in [-0.2, 0) is 13.0 Å². The number of Topliss-reactive ketones (excluding diaryl/α,β-unsaturated/α-hetero) is 1. The second kappa shape index (κ2) is 9.62. The van der Waals surface area contributed by atoms with Crippen molar-refractivity contribution in [3.8, 4) is 0 Å². The van der Waals surface area contributed by atoms with E-state index in [0.717, 1.165) is 16.8 Å². The fraction of sp³-hybridized carbons (Fsp3) is 0.148. The molecule has 1 N–H and O–H groups in total. The molecule has 0 radical (unpaired) electrons. The molecule has 34 heavy (non-hydrogen) atoms. The second-order valence-corrected chi connectivity index (χ2v) is 8.24. The summed E-state index contributed by atoms with van der Waals surface area (Å²) in [6.07, 6.45) is 2.67. The number of fused-ring (bicyclic) bond motifs is 1. The molecule has 0 fully saturated rings. The molecule has 0 aliphatic heterocycles. The molecule has 0 unspecified atom stereocenters. The monoisotopic (exact) mass is 448 g/mol. The first kappa shape index (κ1) is 21.5. The number of hydrogen-bond donors (Lipinski definition) is 1. The summed E-state index contributed by atoms with van der Waals surface area (Å²) in [5, 5.41) is 11.9. The van der Waals surface area contributed by atoms with Crippen LogP contribution in [0.25, 0.3) is 11.2 Å². The number of carbonyl (C=O) groups is 1. The van der Waals surface area contributed by atoms with Crippen LogP contribution in [-0.4, -0.2) is 30.7 Å². The molecule has 0 saturated carbocycles. The predicted molar refractivity (Wildman–Crippen MR) is 132 cm³/mol. The number of aromatic nitrogens is 5. The van der Waals surface area contributed by atoms with E-state index in [9.17, 15) is 4.79 Å². The van der Waals surface area contributed by atoms with Crippen molar-refractivity contribution in [1.29, 1.82) is 0 Å². The van der Waals surface area contributed by atoms with Crippen molar-refractivity contribution in [2.45, 2.75) is 26.3 Å². The van der Waals surface area contributed by atoms with Gasteiger partial charge in [0, 0.05) is 17.7 Å². The summed E-state index contributed by atoms with van der Waals surface area (Å²) in [6, 6.07) is 25.8. The van der Waals surface area contributed by atoms with Gasteiger partial charge in [-0.05, 0) is 36.6 Å². The second-order valence-electron chi connectivity index (χ2n) is 8.24. The zero-order valence-electron chi connectivity index (χ0n) is 18.8. The Kier molecular flexibility index (Phi) is 6.07. The van der Waals surface area contributed by atoms with E-state index in [2.05, 4.69) is 56.8 Å². The van der Waals surface area contributed by atoms with Crippen LogP contribution in [0.3, 0.4) is 0 Å². The number of aryl methyl sites for hydroxylation is 2. The Balaban J connectivity index is 1.32. The average Bonchev–Trinajstić information content (AvgIpc) is 3.28. The highest BCUT2D eigenvalue weighted by molar-refractivity contribution is 5.97. The van der Waals surface area contributed by atoms with Gasteiger partial charge in [0.25, 0.3) is 0 Å². The molecule has 5 rings (SSSR count). The molecule has 0 bridgehead atoms. The van der Waals surface area contributed by atoms with E-state index in [1.54, 1.807) is 4.68 Å². The zero-order valence-corrected chi connectivity index (χ0v) is 18.8. The minimum absolute atomic E-state index is 0.101. The van der Waals surface area contributed by atoms with Gasteiger partial charge in [0.15, 0.2) is 22.8 Å². The van der Waals surface area contributed by atoms with Crippen LogP contribution in [0, 0.1) is 6.92 Å². The minimum Gasteiger partial charge on any atom is -0.338 e. The van der Waals surface area contributed by atoms with Gasteiger partial charge < -0.3 is 5.32 Å². The lowest BCUT2D eigenvalue weighted by molar-refractivity contribution is 0.0983. The molecule has 0 saturated heterocycles. The third-order valence-corrected chi connectivity index (χ3v) is 5.68. The molecular weight excluding hydrogens is 424 g/mol. The molecule has 7 nitrogen and oxygen atoms in total. The molecule has 0 atom stereocenters. The summed E-state index contributed by atoms with van der Waals surface area (Å²) in [6.45, 7) is 2.63. The summed E-state index contributed by atoms with van der Waals surface area (Å²) in [5.74, 6) is 0.651. The van der Waals surface area contributed by atoms with Gasteiger partial charge in [0.2, 0.25) is 0 Å². The third kappa shape index (κ3) is 4.83. The van der Waals surface area contributed by atoms with Crippen molar-refractivity contribution in [1.82, 2.24) is 25.0 Å². The molecule has 0 aliphatic rings. The van der Waals surface area contributed by atoms with Crippen molar-refractivity contribution in [3.05, 3.63) is 107 Å². The van der Waals surface area contributed by atoms with Crippen LogP contribution < -0.4 is 5.32 Å². The van der Waals surface area contributed by atoms with Crippen LogP contribution in [0.1, 0.15) is 33.5 Å². The van der Waals surface area contributed by atoms with Gasteiger partial charge in [0.05, 0.1) is 6.54 Å². The summed E-state index contributed by atoms with van der Waals surface area (Å²) in [5.41, 5.74) is 6.13. The van der Waals surface area contributed by atoms with E-state index in [1.165, 1.54) is 11.9 Å². The number of ketones is 1. The average molecular weight is 449 g/mol. The smallest absolute Gasteiger partial charge is 0.184 e. The lowest BCUT2D eigenvalue weighted by atomic mass is 10.0. The van der Waals surface area contributed by atoms with Crippen molar-refractivity contribution in [2.75, 3.05) is 5.32 Å². The SMILES string of the molecule is Cc1ccc(Cn2nnc3c(Nc4cccc(C(=O)CCc5ccccc5)c4)ncnc32)cc1. The Labute approximate surface area is 197 Å². The van der Waals surface area contributed by atoms with Gasteiger partial charge in [-0.1, -0.05) is 77.5 Å². The van der Waals surface area contributed by atoms with Crippen molar-refractivity contribution < 1.29 is 4.79 Å².